The number of aromatic nitrogens is 6. The molecule has 5 aromatic heterocycles. The molecule has 0 atom stereocenters. The van der Waals surface area contributed by atoms with Crippen LogP contribution in [0.5, 0.6) is 0 Å². The van der Waals surface area contributed by atoms with E-state index < -0.39 is 0 Å². The van der Waals surface area contributed by atoms with Crippen LogP contribution in [0, 0.1) is 5.92 Å². The number of carbonyl (C=O) groups is 1. The number of pyridine rings is 3. The molecule has 0 saturated heterocycles. The Labute approximate surface area is 213 Å². The van der Waals surface area contributed by atoms with Gasteiger partial charge in [-0.3, -0.25) is 24.8 Å². The van der Waals surface area contributed by atoms with Crippen LogP contribution in [0.15, 0.2) is 79.5 Å². The Morgan fingerprint density at radius 1 is 0.919 bits per heavy atom. The predicted octanol–water partition coefficient (Wildman–Crippen LogP) is 6.21. The van der Waals surface area contributed by atoms with E-state index in [4.69, 9.17) is 0 Å². The molecule has 182 valence electrons. The van der Waals surface area contributed by atoms with E-state index in [2.05, 4.69) is 53.6 Å². The third-order valence-electron chi connectivity index (χ3n) is 6.27. The van der Waals surface area contributed by atoms with Crippen LogP contribution in [0.3, 0.4) is 0 Å². The van der Waals surface area contributed by atoms with Gasteiger partial charge in [-0.25, -0.2) is 0 Å². The average molecular weight is 488 g/mol. The molecule has 1 aromatic carbocycles. The van der Waals surface area contributed by atoms with Gasteiger partial charge < -0.3 is 10.3 Å². The Balaban J connectivity index is 1.38. The first-order valence-corrected chi connectivity index (χ1v) is 12.2. The fourth-order valence-corrected chi connectivity index (χ4v) is 4.58. The van der Waals surface area contributed by atoms with E-state index >= 15 is 0 Å². The lowest BCUT2D eigenvalue weighted by atomic mass is 10.0. The highest BCUT2D eigenvalue weighted by atomic mass is 16.1. The summed E-state index contributed by atoms with van der Waals surface area (Å²) in [5.74, 6) is 0.254. The fraction of sp³-hybridized carbons (Fsp3) is 0.138. The molecule has 0 radical (unpaired) electrons. The minimum absolute atomic E-state index is 0.0283. The van der Waals surface area contributed by atoms with Gasteiger partial charge >= 0.3 is 0 Å². The van der Waals surface area contributed by atoms with Crippen LogP contribution in [0.25, 0.3) is 55.6 Å². The maximum Gasteiger partial charge on any atom is 0.224 e. The van der Waals surface area contributed by atoms with E-state index in [0.717, 1.165) is 55.6 Å². The first kappa shape index (κ1) is 22.6. The topological polar surface area (TPSA) is 112 Å². The number of carbonyl (C=O) groups excluding carboxylic acids is 1. The van der Waals surface area contributed by atoms with E-state index in [-0.39, 0.29) is 11.8 Å². The molecule has 0 bridgehead atoms. The molecule has 37 heavy (non-hydrogen) atoms. The molecular formula is C29H25N7O. The number of benzene rings is 1. The summed E-state index contributed by atoms with van der Waals surface area (Å²) in [6, 6.07) is 16.3. The van der Waals surface area contributed by atoms with Gasteiger partial charge in [0.1, 0.15) is 5.69 Å². The van der Waals surface area contributed by atoms with E-state index in [0.29, 0.717) is 12.1 Å². The molecule has 0 spiro atoms. The summed E-state index contributed by atoms with van der Waals surface area (Å²) in [5, 5.41) is 12.7. The van der Waals surface area contributed by atoms with Gasteiger partial charge in [0.25, 0.3) is 0 Å². The van der Waals surface area contributed by atoms with E-state index in [1.54, 1.807) is 31.0 Å². The standard InChI is InChI=1S/C29H25N7O/c1-17(2)10-28(37)33-20-11-19(14-31-15-20)25-13-23-27(16-32-25)35-36-29(23)26-12-22-21(4-3-5-24(22)34-26)18-6-8-30-9-7-18/h3-9,11-17,34H,10H2,1-2H3,(H,33,37)(H,35,36). The minimum atomic E-state index is -0.0283. The van der Waals surface area contributed by atoms with E-state index in [1.165, 1.54) is 0 Å². The molecule has 0 aliphatic heterocycles. The number of hydrogen-bond acceptors (Lipinski definition) is 5. The summed E-state index contributed by atoms with van der Waals surface area (Å²) < 4.78 is 0. The van der Waals surface area contributed by atoms with Crippen molar-refractivity contribution < 1.29 is 4.79 Å². The van der Waals surface area contributed by atoms with Crippen molar-refractivity contribution in [3.05, 3.63) is 79.5 Å². The van der Waals surface area contributed by atoms with Crippen molar-refractivity contribution in [1.82, 2.24) is 30.1 Å². The maximum atomic E-state index is 12.2. The number of H-pyrrole nitrogens is 2. The van der Waals surface area contributed by atoms with Crippen molar-refractivity contribution in [2.24, 2.45) is 5.92 Å². The van der Waals surface area contributed by atoms with Crippen molar-refractivity contribution >= 4 is 33.4 Å². The molecule has 8 heteroatoms. The monoisotopic (exact) mass is 487 g/mol. The SMILES string of the molecule is CC(C)CC(=O)Nc1cncc(-c2cc3c(-c4cc5c(-c6ccncc6)cccc5[nH]4)n[nH]c3cn2)c1. The highest BCUT2D eigenvalue weighted by Crippen LogP contribution is 2.34. The normalized spacial score (nSPS) is 11.4. The number of nitrogens with zero attached hydrogens (tertiary/aromatic N) is 4. The maximum absolute atomic E-state index is 12.2. The molecule has 3 N–H and O–H groups in total. The Morgan fingerprint density at radius 2 is 1.78 bits per heavy atom. The molecule has 8 nitrogen and oxygen atoms in total. The first-order valence-electron chi connectivity index (χ1n) is 12.2. The number of rotatable bonds is 6. The Hall–Kier alpha value is -4.85. The zero-order valence-corrected chi connectivity index (χ0v) is 20.5. The molecule has 0 aliphatic rings. The lowest BCUT2D eigenvalue weighted by molar-refractivity contribution is -0.116. The number of fused-ring (bicyclic) bond motifs is 2. The van der Waals surface area contributed by atoms with Crippen LogP contribution in [0.2, 0.25) is 0 Å². The molecule has 5 heterocycles. The molecule has 1 amide bonds. The lowest BCUT2D eigenvalue weighted by Crippen LogP contribution is -2.13. The largest absolute Gasteiger partial charge is 0.353 e. The molecule has 6 rings (SSSR count). The van der Waals surface area contributed by atoms with E-state index in [1.807, 2.05) is 44.2 Å². The van der Waals surface area contributed by atoms with Crippen molar-refractivity contribution in [3.63, 3.8) is 0 Å². The van der Waals surface area contributed by atoms with Crippen LogP contribution in [-0.2, 0) is 4.79 Å². The van der Waals surface area contributed by atoms with Crippen molar-refractivity contribution in [2.45, 2.75) is 20.3 Å². The molecular weight excluding hydrogens is 462 g/mol. The van der Waals surface area contributed by atoms with Crippen LogP contribution in [-0.4, -0.2) is 36.0 Å². The van der Waals surface area contributed by atoms with Gasteiger partial charge in [0.2, 0.25) is 5.91 Å². The van der Waals surface area contributed by atoms with Gasteiger partial charge in [0, 0.05) is 46.9 Å². The Bertz CT molecular complexity index is 1730. The lowest BCUT2D eigenvalue weighted by Gasteiger charge is -2.08. The third-order valence-corrected chi connectivity index (χ3v) is 6.27. The second-order valence-corrected chi connectivity index (χ2v) is 9.48. The van der Waals surface area contributed by atoms with Gasteiger partial charge in [-0.2, -0.15) is 5.10 Å². The van der Waals surface area contributed by atoms with Gasteiger partial charge in [-0.1, -0.05) is 26.0 Å². The number of nitrogens with one attached hydrogen (secondary N) is 3. The zero-order valence-electron chi connectivity index (χ0n) is 20.5. The Morgan fingerprint density at radius 3 is 2.62 bits per heavy atom. The number of hydrogen-bond donors (Lipinski definition) is 3. The van der Waals surface area contributed by atoms with Gasteiger partial charge in [-0.05, 0) is 53.4 Å². The summed E-state index contributed by atoms with van der Waals surface area (Å²) >= 11 is 0. The summed E-state index contributed by atoms with van der Waals surface area (Å²) in [4.78, 5) is 28.8. The highest BCUT2D eigenvalue weighted by molar-refractivity contribution is 6.01. The van der Waals surface area contributed by atoms with Crippen molar-refractivity contribution in [2.75, 3.05) is 5.32 Å². The Kier molecular flexibility index (Phi) is 5.69. The van der Waals surface area contributed by atoms with Crippen LogP contribution < -0.4 is 5.32 Å². The fourth-order valence-electron chi connectivity index (χ4n) is 4.58. The molecule has 0 unspecified atom stereocenters. The predicted molar refractivity (Wildman–Crippen MR) is 146 cm³/mol. The second-order valence-electron chi connectivity index (χ2n) is 9.48. The van der Waals surface area contributed by atoms with Crippen LogP contribution >= 0.6 is 0 Å². The molecule has 6 aromatic rings. The summed E-state index contributed by atoms with van der Waals surface area (Å²) in [5.41, 5.74) is 8.04. The summed E-state index contributed by atoms with van der Waals surface area (Å²) in [6.45, 7) is 4.03. The minimum Gasteiger partial charge on any atom is -0.353 e. The third kappa shape index (κ3) is 4.45. The first-order chi connectivity index (χ1) is 18.0. The number of aromatic amines is 2. The second kappa shape index (κ2) is 9.31. The quantitative estimate of drug-likeness (QED) is 0.258. The molecule has 0 aliphatic carbocycles. The number of anilines is 1. The van der Waals surface area contributed by atoms with Crippen LogP contribution in [0.4, 0.5) is 5.69 Å². The average Bonchev–Trinajstić information content (AvgIpc) is 3.52. The van der Waals surface area contributed by atoms with Gasteiger partial charge in [0.05, 0.1) is 35.0 Å². The smallest absolute Gasteiger partial charge is 0.224 e. The zero-order chi connectivity index (χ0) is 25.4. The molecule has 0 fully saturated rings. The number of amides is 1. The summed E-state index contributed by atoms with van der Waals surface area (Å²) in [6.07, 6.45) is 9.23. The summed E-state index contributed by atoms with van der Waals surface area (Å²) in [7, 11) is 0. The van der Waals surface area contributed by atoms with E-state index in [9.17, 15) is 4.79 Å². The van der Waals surface area contributed by atoms with Crippen LogP contribution in [0.1, 0.15) is 20.3 Å². The molecule has 0 saturated carbocycles. The van der Waals surface area contributed by atoms with Crippen molar-refractivity contribution in [3.8, 4) is 33.8 Å². The van der Waals surface area contributed by atoms with Gasteiger partial charge in [0.15, 0.2) is 0 Å². The van der Waals surface area contributed by atoms with Gasteiger partial charge in [-0.15, -0.1) is 0 Å². The highest BCUT2D eigenvalue weighted by Gasteiger charge is 2.15. The van der Waals surface area contributed by atoms with Crippen molar-refractivity contribution in [1.29, 1.82) is 0 Å².